The second-order valence-corrected chi connectivity index (χ2v) is 3.29. The maximum absolute atomic E-state index is 12.9. The van der Waals surface area contributed by atoms with Crippen LogP contribution in [0.15, 0.2) is 22.3 Å². The van der Waals surface area contributed by atoms with Gasteiger partial charge < -0.3 is 11.5 Å². The average Bonchev–Trinajstić information content (AvgIpc) is 2.18. The Morgan fingerprint density at radius 2 is 1.93 bits per heavy atom. The van der Waals surface area contributed by atoms with Gasteiger partial charge in [-0.1, -0.05) is 23.2 Å². The molecule has 0 saturated carbocycles. The normalized spacial score (nSPS) is 10.6. The molecule has 0 amide bonds. The quantitative estimate of drug-likeness (QED) is 0.362. The molecule has 0 aliphatic carbocycles. The van der Waals surface area contributed by atoms with Crippen molar-refractivity contribution in [3.05, 3.63) is 33.6 Å². The van der Waals surface area contributed by atoms with Crippen LogP contribution in [0, 0.1) is 5.82 Å². The highest BCUT2D eigenvalue weighted by molar-refractivity contribution is 6.43. The molecular formula is C8H7Cl2FN4. The van der Waals surface area contributed by atoms with E-state index in [4.69, 9.17) is 34.7 Å². The second kappa shape index (κ2) is 4.95. The summed E-state index contributed by atoms with van der Waals surface area (Å²) in [6.45, 7) is 0. The van der Waals surface area contributed by atoms with Crippen molar-refractivity contribution in [2.45, 2.75) is 0 Å². The molecule has 0 aliphatic rings. The largest absolute Gasteiger partial charge is 0.369 e. The number of hydrogen-bond donors (Lipinski definition) is 2. The van der Waals surface area contributed by atoms with Crippen LogP contribution in [0.2, 0.25) is 10.0 Å². The number of guanidine groups is 1. The van der Waals surface area contributed by atoms with Crippen LogP contribution in [0.3, 0.4) is 0 Å². The molecule has 1 aromatic rings. The van der Waals surface area contributed by atoms with Gasteiger partial charge in [0.1, 0.15) is 5.82 Å². The van der Waals surface area contributed by atoms with Crippen molar-refractivity contribution in [2.75, 3.05) is 0 Å². The molecule has 1 aromatic carbocycles. The third kappa shape index (κ3) is 3.07. The van der Waals surface area contributed by atoms with Crippen LogP contribution in [0.1, 0.15) is 5.56 Å². The summed E-state index contributed by atoms with van der Waals surface area (Å²) in [7, 11) is 0. The van der Waals surface area contributed by atoms with Crippen LogP contribution in [-0.2, 0) is 0 Å². The molecule has 0 atom stereocenters. The number of hydrogen-bond acceptors (Lipinski definition) is 2. The zero-order valence-electron chi connectivity index (χ0n) is 7.42. The first kappa shape index (κ1) is 11.7. The van der Waals surface area contributed by atoms with Crippen LogP contribution >= 0.6 is 23.2 Å². The molecule has 0 saturated heterocycles. The van der Waals surface area contributed by atoms with Gasteiger partial charge in [0, 0.05) is 5.56 Å². The Morgan fingerprint density at radius 1 is 1.27 bits per heavy atom. The van der Waals surface area contributed by atoms with Gasteiger partial charge >= 0.3 is 0 Å². The lowest BCUT2D eigenvalue weighted by molar-refractivity contribution is 0.628. The molecule has 0 unspecified atom stereocenters. The maximum Gasteiger partial charge on any atom is 0.211 e. The van der Waals surface area contributed by atoms with Crippen molar-refractivity contribution >= 4 is 35.4 Å². The Balaban J connectivity index is 3.02. The zero-order chi connectivity index (χ0) is 11.4. The van der Waals surface area contributed by atoms with E-state index < -0.39 is 5.82 Å². The lowest BCUT2D eigenvalue weighted by Gasteiger charge is -2.00. The smallest absolute Gasteiger partial charge is 0.211 e. The minimum Gasteiger partial charge on any atom is -0.369 e. The summed E-state index contributed by atoms with van der Waals surface area (Å²) in [5.41, 5.74) is 10.5. The molecule has 15 heavy (non-hydrogen) atoms. The summed E-state index contributed by atoms with van der Waals surface area (Å²) in [4.78, 5) is 0. The Labute approximate surface area is 95.4 Å². The third-order valence-corrected chi connectivity index (χ3v) is 2.31. The van der Waals surface area contributed by atoms with E-state index in [-0.39, 0.29) is 16.0 Å². The van der Waals surface area contributed by atoms with Gasteiger partial charge in [-0.2, -0.15) is 5.10 Å². The van der Waals surface area contributed by atoms with Crippen LogP contribution in [0.5, 0.6) is 0 Å². The molecule has 0 heterocycles. The first-order chi connectivity index (χ1) is 7.02. The molecule has 4 nitrogen and oxygen atoms in total. The Hall–Kier alpha value is -1.33. The lowest BCUT2D eigenvalue weighted by atomic mass is 10.2. The van der Waals surface area contributed by atoms with E-state index in [0.29, 0.717) is 5.56 Å². The van der Waals surface area contributed by atoms with E-state index in [9.17, 15) is 4.39 Å². The number of benzene rings is 1. The number of rotatable bonds is 2. The van der Waals surface area contributed by atoms with Crippen molar-refractivity contribution in [3.63, 3.8) is 0 Å². The standard InChI is InChI=1S/C8H7Cl2FN4/c9-6-4(3-14-15-8(12)13)1-2-5(11)7(6)10/h1-3H,(H4,12,13,15). The van der Waals surface area contributed by atoms with E-state index in [1.807, 2.05) is 0 Å². The molecule has 0 fully saturated rings. The molecule has 4 N–H and O–H groups in total. The van der Waals surface area contributed by atoms with Gasteiger partial charge in [0.15, 0.2) is 0 Å². The van der Waals surface area contributed by atoms with E-state index in [2.05, 4.69) is 10.2 Å². The van der Waals surface area contributed by atoms with Gasteiger partial charge in [-0.3, -0.25) is 0 Å². The molecule has 7 heteroatoms. The summed E-state index contributed by atoms with van der Waals surface area (Å²) < 4.78 is 12.9. The van der Waals surface area contributed by atoms with E-state index in [0.717, 1.165) is 0 Å². The van der Waals surface area contributed by atoms with Crippen LogP contribution in [0.25, 0.3) is 0 Å². The minimum atomic E-state index is -0.597. The highest BCUT2D eigenvalue weighted by Gasteiger charge is 2.07. The molecule has 1 rings (SSSR count). The van der Waals surface area contributed by atoms with Gasteiger partial charge in [0.2, 0.25) is 5.96 Å². The van der Waals surface area contributed by atoms with E-state index in [1.54, 1.807) is 0 Å². The van der Waals surface area contributed by atoms with Gasteiger partial charge in [0.25, 0.3) is 0 Å². The summed E-state index contributed by atoms with van der Waals surface area (Å²) >= 11 is 11.3. The van der Waals surface area contributed by atoms with Gasteiger partial charge in [-0.25, -0.2) is 4.39 Å². The Bertz CT molecular complexity index is 427. The van der Waals surface area contributed by atoms with Gasteiger partial charge in [-0.15, -0.1) is 5.10 Å². The van der Waals surface area contributed by atoms with Crippen molar-refractivity contribution in [1.29, 1.82) is 0 Å². The second-order valence-electron chi connectivity index (χ2n) is 2.53. The Kier molecular flexibility index (Phi) is 3.88. The summed E-state index contributed by atoms with van der Waals surface area (Å²) in [5.74, 6) is -0.781. The molecule has 0 radical (unpaired) electrons. The van der Waals surface area contributed by atoms with E-state index >= 15 is 0 Å². The Morgan fingerprint density at radius 3 is 2.53 bits per heavy atom. The summed E-state index contributed by atoms with van der Waals surface area (Å²) in [6.07, 6.45) is 1.27. The highest BCUT2D eigenvalue weighted by atomic mass is 35.5. The average molecular weight is 249 g/mol. The highest BCUT2D eigenvalue weighted by Crippen LogP contribution is 2.27. The number of nitrogens with two attached hydrogens (primary N) is 2. The van der Waals surface area contributed by atoms with E-state index in [1.165, 1.54) is 18.3 Å². The molecule has 0 aromatic heterocycles. The maximum atomic E-state index is 12.9. The third-order valence-electron chi connectivity index (χ3n) is 1.44. The van der Waals surface area contributed by atoms with Crippen LogP contribution < -0.4 is 11.5 Å². The van der Waals surface area contributed by atoms with Gasteiger partial charge in [-0.05, 0) is 12.1 Å². The number of nitrogens with zero attached hydrogens (tertiary/aromatic N) is 2. The lowest BCUT2D eigenvalue weighted by Crippen LogP contribution is -2.21. The molecule has 80 valence electrons. The zero-order valence-corrected chi connectivity index (χ0v) is 8.93. The van der Waals surface area contributed by atoms with Crippen LogP contribution in [-0.4, -0.2) is 12.2 Å². The fourth-order valence-corrected chi connectivity index (χ4v) is 1.17. The molecule has 0 aliphatic heterocycles. The first-order valence-corrected chi connectivity index (χ1v) is 4.53. The molecule has 0 spiro atoms. The first-order valence-electron chi connectivity index (χ1n) is 3.78. The minimum absolute atomic E-state index is 0.0613. The monoisotopic (exact) mass is 248 g/mol. The molecule has 0 bridgehead atoms. The predicted octanol–water partition coefficient (Wildman–Crippen LogP) is 1.74. The summed E-state index contributed by atoms with van der Waals surface area (Å²) in [5, 5.41) is 6.78. The predicted molar refractivity (Wildman–Crippen MR) is 59.8 cm³/mol. The number of halogens is 3. The SMILES string of the molecule is NC(N)=NN=Cc1ccc(F)c(Cl)c1Cl. The fourth-order valence-electron chi connectivity index (χ4n) is 0.798. The van der Waals surface area contributed by atoms with Crippen LogP contribution in [0.4, 0.5) is 4.39 Å². The fraction of sp³-hybridized carbons (Fsp3) is 0. The van der Waals surface area contributed by atoms with Crippen molar-refractivity contribution in [1.82, 2.24) is 0 Å². The van der Waals surface area contributed by atoms with Crippen molar-refractivity contribution < 1.29 is 4.39 Å². The topological polar surface area (TPSA) is 76.8 Å². The van der Waals surface area contributed by atoms with Crippen molar-refractivity contribution in [3.8, 4) is 0 Å². The summed E-state index contributed by atoms with van der Waals surface area (Å²) in [6, 6.07) is 2.58. The van der Waals surface area contributed by atoms with Crippen molar-refractivity contribution in [2.24, 2.45) is 21.7 Å². The molecular weight excluding hydrogens is 242 g/mol. The van der Waals surface area contributed by atoms with Gasteiger partial charge in [0.05, 0.1) is 16.3 Å².